The summed E-state index contributed by atoms with van der Waals surface area (Å²) < 4.78 is 10.4. The Hall–Kier alpha value is -0.810. The zero-order valence-corrected chi connectivity index (χ0v) is 11.1. The van der Waals surface area contributed by atoms with Crippen molar-refractivity contribution in [2.45, 2.75) is 38.9 Å². The van der Waals surface area contributed by atoms with Crippen molar-refractivity contribution in [3.8, 4) is 0 Å². The first kappa shape index (κ1) is 14.3. The molecule has 1 aliphatic heterocycles. The van der Waals surface area contributed by atoms with Gasteiger partial charge in [-0.2, -0.15) is 0 Å². The predicted octanol–water partition coefficient (Wildman–Crippen LogP) is 1.25. The van der Waals surface area contributed by atoms with E-state index in [1.807, 2.05) is 20.8 Å². The highest BCUT2D eigenvalue weighted by molar-refractivity contribution is 5.68. The smallest absolute Gasteiger partial charge is 0.410 e. The molecule has 0 aliphatic carbocycles. The highest BCUT2D eigenvalue weighted by Crippen LogP contribution is 2.19. The average molecular weight is 245 g/mol. The average Bonchev–Trinajstić information content (AvgIpc) is 2.14. The van der Waals surface area contributed by atoms with Crippen LogP contribution in [0.5, 0.6) is 0 Å². The van der Waals surface area contributed by atoms with E-state index in [9.17, 15) is 9.90 Å². The predicted molar refractivity (Wildman–Crippen MR) is 63.8 cm³/mol. The summed E-state index contributed by atoms with van der Waals surface area (Å²) in [6, 6.07) is 0. The second kappa shape index (κ2) is 5.69. The van der Waals surface area contributed by atoms with Crippen LogP contribution in [0.15, 0.2) is 0 Å². The Bertz CT molecular complexity index is 262. The number of carbonyl (C=O) groups excluding carboxylic acids is 1. The lowest BCUT2D eigenvalue weighted by Gasteiger charge is -2.36. The van der Waals surface area contributed by atoms with Crippen LogP contribution < -0.4 is 0 Å². The highest BCUT2D eigenvalue weighted by Gasteiger charge is 2.31. The fourth-order valence-electron chi connectivity index (χ4n) is 2.01. The number of aliphatic hydroxyl groups is 1. The number of piperidine rings is 1. The van der Waals surface area contributed by atoms with Crippen molar-refractivity contribution < 1.29 is 19.4 Å². The summed E-state index contributed by atoms with van der Waals surface area (Å²) in [5, 5.41) is 9.72. The van der Waals surface area contributed by atoms with E-state index in [0.29, 0.717) is 26.1 Å². The molecule has 2 atom stereocenters. The van der Waals surface area contributed by atoms with Gasteiger partial charge in [-0.15, -0.1) is 0 Å². The SMILES string of the molecule is COCC1CC(O)CN(C(=O)OC(C)(C)C)C1. The number of methoxy groups -OCH3 is 1. The Morgan fingerprint density at radius 2 is 2.06 bits per heavy atom. The molecule has 0 aromatic heterocycles. The molecule has 0 bridgehead atoms. The minimum absolute atomic E-state index is 0.177. The summed E-state index contributed by atoms with van der Waals surface area (Å²) in [6.07, 6.45) is -0.179. The van der Waals surface area contributed by atoms with Crippen LogP contribution in [-0.4, -0.2) is 54.6 Å². The number of aliphatic hydroxyl groups excluding tert-OH is 1. The molecule has 2 unspecified atom stereocenters. The minimum Gasteiger partial charge on any atom is -0.444 e. The summed E-state index contributed by atoms with van der Waals surface area (Å²) in [7, 11) is 1.62. The van der Waals surface area contributed by atoms with Crippen LogP contribution in [0, 0.1) is 5.92 Å². The van der Waals surface area contributed by atoms with Gasteiger partial charge in [0.25, 0.3) is 0 Å². The van der Waals surface area contributed by atoms with E-state index < -0.39 is 11.7 Å². The lowest BCUT2D eigenvalue weighted by Crippen LogP contribution is -2.48. The number of hydrogen-bond donors (Lipinski definition) is 1. The molecular formula is C12H23NO4. The lowest BCUT2D eigenvalue weighted by atomic mass is 9.97. The van der Waals surface area contributed by atoms with Gasteiger partial charge in [-0.3, -0.25) is 0 Å². The Labute approximate surface area is 103 Å². The molecule has 1 aliphatic rings. The number of rotatable bonds is 2. The first-order valence-electron chi connectivity index (χ1n) is 5.96. The molecule has 5 nitrogen and oxygen atoms in total. The van der Waals surface area contributed by atoms with Gasteiger partial charge in [0.15, 0.2) is 0 Å². The maximum atomic E-state index is 11.9. The molecule has 100 valence electrons. The van der Waals surface area contributed by atoms with Gasteiger partial charge in [0.2, 0.25) is 0 Å². The normalized spacial score (nSPS) is 25.8. The Morgan fingerprint density at radius 3 is 2.59 bits per heavy atom. The fourth-order valence-corrected chi connectivity index (χ4v) is 2.01. The van der Waals surface area contributed by atoms with Crippen LogP contribution in [-0.2, 0) is 9.47 Å². The molecule has 0 radical (unpaired) electrons. The zero-order chi connectivity index (χ0) is 13.1. The number of amides is 1. The quantitative estimate of drug-likeness (QED) is 0.795. The van der Waals surface area contributed by atoms with Crippen LogP contribution >= 0.6 is 0 Å². The number of β-amino-alcohol motifs (C(OH)–C–C–N with tert-alkyl or cyclic N) is 1. The maximum absolute atomic E-state index is 11.9. The third-order valence-corrected chi connectivity index (χ3v) is 2.57. The second-order valence-electron chi connectivity index (χ2n) is 5.60. The van der Waals surface area contributed by atoms with Crippen LogP contribution in [0.4, 0.5) is 4.79 Å². The number of likely N-dealkylation sites (tertiary alicyclic amines) is 1. The monoisotopic (exact) mass is 245 g/mol. The fraction of sp³-hybridized carbons (Fsp3) is 0.917. The van der Waals surface area contributed by atoms with Crippen molar-refractivity contribution in [2.75, 3.05) is 26.8 Å². The molecule has 1 rings (SSSR count). The molecule has 1 amide bonds. The summed E-state index contributed by atoms with van der Waals surface area (Å²) in [5.41, 5.74) is -0.504. The van der Waals surface area contributed by atoms with Crippen LogP contribution in [0.2, 0.25) is 0 Å². The molecule has 1 N–H and O–H groups in total. The van der Waals surface area contributed by atoms with Crippen LogP contribution in [0.1, 0.15) is 27.2 Å². The van der Waals surface area contributed by atoms with E-state index in [1.54, 1.807) is 12.0 Å². The highest BCUT2D eigenvalue weighted by atomic mass is 16.6. The molecule has 1 heterocycles. The van der Waals surface area contributed by atoms with Gasteiger partial charge in [0.05, 0.1) is 12.7 Å². The number of nitrogens with zero attached hydrogens (tertiary/aromatic N) is 1. The number of ether oxygens (including phenoxy) is 2. The first-order chi connectivity index (χ1) is 7.81. The van der Waals surface area contributed by atoms with Gasteiger partial charge in [-0.1, -0.05) is 0 Å². The van der Waals surface area contributed by atoms with Crippen molar-refractivity contribution in [3.63, 3.8) is 0 Å². The molecule has 0 aromatic carbocycles. The van der Waals surface area contributed by atoms with E-state index in [4.69, 9.17) is 9.47 Å². The summed E-state index contributed by atoms with van der Waals surface area (Å²) in [5.74, 6) is 0.177. The molecular weight excluding hydrogens is 222 g/mol. The summed E-state index contributed by atoms with van der Waals surface area (Å²) in [4.78, 5) is 13.4. The van der Waals surface area contributed by atoms with Gasteiger partial charge in [-0.05, 0) is 27.2 Å². The van der Waals surface area contributed by atoms with Gasteiger partial charge in [0, 0.05) is 26.1 Å². The van der Waals surface area contributed by atoms with Crippen molar-refractivity contribution in [1.29, 1.82) is 0 Å². The Balaban J connectivity index is 2.54. The molecule has 1 saturated heterocycles. The van der Waals surface area contributed by atoms with Crippen molar-refractivity contribution in [1.82, 2.24) is 4.90 Å². The van der Waals surface area contributed by atoms with E-state index >= 15 is 0 Å². The standard InChI is InChI=1S/C12H23NO4/c1-12(2,3)17-11(15)13-6-9(8-16-4)5-10(14)7-13/h9-10,14H,5-8H2,1-4H3. The molecule has 5 heteroatoms. The van der Waals surface area contributed by atoms with E-state index in [1.165, 1.54) is 0 Å². The summed E-state index contributed by atoms with van der Waals surface area (Å²) >= 11 is 0. The zero-order valence-electron chi connectivity index (χ0n) is 11.1. The molecule has 1 fully saturated rings. The summed E-state index contributed by atoms with van der Waals surface area (Å²) in [6.45, 7) is 6.97. The number of hydrogen-bond acceptors (Lipinski definition) is 4. The van der Waals surface area contributed by atoms with Gasteiger partial charge in [-0.25, -0.2) is 4.79 Å². The Morgan fingerprint density at radius 1 is 1.41 bits per heavy atom. The van der Waals surface area contributed by atoms with Crippen LogP contribution in [0.25, 0.3) is 0 Å². The second-order valence-corrected chi connectivity index (χ2v) is 5.60. The molecule has 0 aromatic rings. The molecule has 0 saturated carbocycles. The van der Waals surface area contributed by atoms with Crippen molar-refractivity contribution in [3.05, 3.63) is 0 Å². The minimum atomic E-state index is -0.504. The van der Waals surface area contributed by atoms with Gasteiger partial charge < -0.3 is 19.5 Å². The molecule has 17 heavy (non-hydrogen) atoms. The van der Waals surface area contributed by atoms with Gasteiger partial charge >= 0.3 is 6.09 Å². The van der Waals surface area contributed by atoms with Gasteiger partial charge in [0.1, 0.15) is 5.60 Å². The third kappa shape index (κ3) is 4.91. The third-order valence-electron chi connectivity index (χ3n) is 2.57. The van der Waals surface area contributed by atoms with E-state index in [0.717, 1.165) is 0 Å². The molecule has 0 spiro atoms. The largest absolute Gasteiger partial charge is 0.444 e. The van der Waals surface area contributed by atoms with Crippen LogP contribution in [0.3, 0.4) is 0 Å². The maximum Gasteiger partial charge on any atom is 0.410 e. The van der Waals surface area contributed by atoms with Crippen molar-refractivity contribution >= 4 is 6.09 Å². The van der Waals surface area contributed by atoms with E-state index in [-0.39, 0.29) is 12.0 Å². The number of carbonyl (C=O) groups is 1. The Kier molecular flexibility index (Phi) is 4.77. The lowest BCUT2D eigenvalue weighted by molar-refractivity contribution is -0.0175. The van der Waals surface area contributed by atoms with E-state index in [2.05, 4.69) is 0 Å². The topological polar surface area (TPSA) is 59.0 Å². The first-order valence-corrected chi connectivity index (χ1v) is 5.96. The van der Waals surface area contributed by atoms with Crippen molar-refractivity contribution in [2.24, 2.45) is 5.92 Å².